The number of nitrogens with one attached hydrogen (secondary N) is 2. The van der Waals surface area contributed by atoms with Gasteiger partial charge >= 0.3 is 0 Å². The maximum absolute atomic E-state index is 12.5. The molecule has 110 valence electrons. The number of carbonyl (C=O) groups is 1. The summed E-state index contributed by atoms with van der Waals surface area (Å²) in [6.45, 7) is 2.70. The smallest absolute Gasteiger partial charge is 0.256 e. The molecule has 0 unspecified atom stereocenters. The highest BCUT2D eigenvalue weighted by molar-refractivity contribution is 6.32. The van der Waals surface area contributed by atoms with Crippen LogP contribution in [0.4, 0.5) is 5.69 Å². The number of hydrogen-bond donors (Lipinski definition) is 2. The number of amides is 1. The SMILES string of the molecule is CNCCc1ccccc1C(=O)Nc1c(C)ccnc1Cl. The molecule has 0 saturated carbocycles. The average molecular weight is 304 g/mol. The van der Waals surface area contributed by atoms with E-state index in [1.54, 1.807) is 6.20 Å². The number of aromatic nitrogens is 1. The van der Waals surface area contributed by atoms with Crippen molar-refractivity contribution >= 4 is 23.2 Å². The number of likely N-dealkylation sites (N-methyl/N-ethyl adjacent to an activating group) is 1. The van der Waals surface area contributed by atoms with Crippen molar-refractivity contribution in [2.45, 2.75) is 13.3 Å². The third kappa shape index (κ3) is 3.80. The van der Waals surface area contributed by atoms with Gasteiger partial charge in [-0.15, -0.1) is 0 Å². The van der Waals surface area contributed by atoms with Crippen molar-refractivity contribution in [2.75, 3.05) is 18.9 Å². The van der Waals surface area contributed by atoms with Gasteiger partial charge in [0.2, 0.25) is 0 Å². The van der Waals surface area contributed by atoms with Gasteiger partial charge in [-0.2, -0.15) is 0 Å². The third-order valence-electron chi connectivity index (χ3n) is 3.26. The molecule has 1 amide bonds. The Morgan fingerprint density at radius 3 is 2.76 bits per heavy atom. The monoisotopic (exact) mass is 303 g/mol. The Morgan fingerprint density at radius 1 is 1.29 bits per heavy atom. The van der Waals surface area contributed by atoms with E-state index >= 15 is 0 Å². The van der Waals surface area contributed by atoms with Gasteiger partial charge in [0.05, 0.1) is 5.69 Å². The van der Waals surface area contributed by atoms with Crippen molar-refractivity contribution in [3.05, 3.63) is 58.4 Å². The summed E-state index contributed by atoms with van der Waals surface area (Å²) in [5.41, 5.74) is 3.11. The summed E-state index contributed by atoms with van der Waals surface area (Å²) in [5.74, 6) is -0.167. The molecular weight excluding hydrogens is 286 g/mol. The van der Waals surface area contributed by atoms with Crippen molar-refractivity contribution in [3.8, 4) is 0 Å². The zero-order valence-electron chi connectivity index (χ0n) is 12.1. The van der Waals surface area contributed by atoms with E-state index in [2.05, 4.69) is 15.6 Å². The molecule has 2 aromatic rings. The van der Waals surface area contributed by atoms with Crippen LogP contribution in [0.25, 0.3) is 0 Å². The molecule has 0 bridgehead atoms. The number of halogens is 1. The first-order valence-corrected chi connectivity index (χ1v) is 7.16. The van der Waals surface area contributed by atoms with Crippen molar-refractivity contribution < 1.29 is 4.79 Å². The van der Waals surface area contributed by atoms with Gasteiger partial charge in [0.25, 0.3) is 5.91 Å². The van der Waals surface area contributed by atoms with E-state index in [0.717, 1.165) is 24.1 Å². The summed E-state index contributed by atoms with van der Waals surface area (Å²) in [4.78, 5) is 16.5. The molecular formula is C16H18ClN3O. The lowest BCUT2D eigenvalue weighted by Gasteiger charge is -2.12. The molecule has 0 atom stereocenters. The van der Waals surface area contributed by atoms with E-state index in [0.29, 0.717) is 16.4 Å². The predicted molar refractivity (Wildman–Crippen MR) is 86.0 cm³/mol. The summed E-state index contributed by atoms with van der Waals surface area (Å²) in [5, 5.41) is 6.25. The van der Waals surface area contributed by atoms with Crippen molar-refractivity contribution in [2.24, 2.45) is 0 Å². The van der Waals surface area contributed by atoms with Gasteiger partial charge < -0.3 is 10.6 Å². The molecule has 0 aliphatic carbocycles. The molecule has 0 aliphatic rings. The number of pyridine rings is 1. The molecule has 0 spiro atoms. The topological polar surface area (TPSA) is 54.0 Å². The largest absolute Gasteiger partial charge is 0.319 e. The van der Waals surface area contributed by atoms with Crippen molar-refractivity contribution in [1.29, 1.82) is 0 Å². The maximum Gasteiger partial charge on any atom is 0.256 e. The lowest BCUT2D eigenvalue weighted by atomic mass is 10.0. The Morgan fingerprint density at radius 2 is 2.05 bits per heavy atom. The van der Waals surface area contributed by atoms with Crippen LogP contribution in [0.2, 0.25) is 5.15 Å². The van der Waals surface area contributed by atoms with E-state index in [1.807, 2.05) is 44.3 Å². The van der Waals surface area contributed by atoms with Gasteiger partial charge in [0, 0.05) is 11.8 Å². The van der Waals surface area contributed by atoms with Crippen LogP contribution in [0.3, 0.4) is 0 Å². The molecule has 1 aromatic heterocycles. The van der Waals surface area contributed by atoms with Crippen LogP contribution in [-0.4, -0.2) is 24.5 Å². The summed E-state index contributed by atoms with van der Waals surface area (Å²) < 4.78 is 0. The number of rotatable bonds is 5. The quantitative estimate of drug-likeness (QED) is 0.835. The number of hydrogen-bond acceptors (Lipinski definition) is 3. The zero-order chi connectivity index (χ0) is 15.2. The standard InChI is InChI=1S/C16H18ClN3O/c1-11-7-10-19-15(17)14(11)20-16(21)13-6-4-3-5-12(13)8-9-18-2/h3-7,10,18H,8-9H2,1-2H3,(H,20,21). The molecule has 5 heteroatoms. The van der Waals surface area contributed by atoms with Gasteiger partial charge in [-0.25, -0.2) is 4.98 Å². The van der Waals surface area contributed by atoms with Crippen LogP contribution in [-0.2, 0) is 6.42 Å². The van der Waals surface area contributed by atoms with E-state index in [-0.39, 0.29) is 5.91 Å². The van der Waals surface area contributed by atoms with E-state index in [1.165, 1.54) is 0 Å². The highest BCUT2D eigenvalue weighted by Gasteiger charge is 2.14. The maximum atomic E-state index is 12.5. The molecule has 2 N–H and O–H groups in total. The van der Waals surface area contributed by atoms with Crippen LogP contribution in [0, 0.1) is 6.92 Å². The lowest BCUT2D eigenvalue weighted by Crippen LogP contribution is -2.18. The van der Waals surface area contributed by atoms with Crippen LogP contribution in [0.5, 0.6) is 0 Å². The third-order valence-corrected chi connectivity index (χ3v) is 3.54. The number of carbonyl (C=O) groups excluding carboxylic acids is 1. The molecule has 0 fully saturated rings. The van der Waals surface area contributed by atoms with E-state index in [4.69, 9.17) is 11.6 Å². The van der Waals surface area contributed by atoms with Crippen molar-refractivity contribution in [3.63, 3.8) is 0 Å². The van der Waals surface area contributed by atoms with Crippen LogP contribution < -0.4 is 10.6 Å². The normalized spacial score (nSPS) is 10.4. The zero-order valence-corrected chi connectivity index (χ0v) is 12.9. The average Bonchev–Trinajstić information content (AvgIpc) is 2.49. The predicted octanol–water partition coefficient (Wildman–Crippen LogP) is 3.06. The second-order valence-corrected chi connectivity index (χ2v) is 5.12. The highest BCUT2D eigenvalue weighted by Crippen LogP contribution is 2.24. The van der Waals surface area contributed by atoms with Gasteiger partial charge in [-0.05, 0) is 50.2 Å². The van der Waals surface area contributed by atoms with E-state index < -0.39 is 0 Å². The fraction of sp³-hybridized carbons (Fsp3) is 0.250. The molecule has 2 rings (SSSR count). The van der Waals surface area contributed by atoms with E-state index in [9.17, 15) is 4.79 Å². The van der Waals surface area contributed by atoms with Gasteiger partial charge in [0.15, 0.2) is 5.15 Å². The van der Waals surface area contributed by atoms with Crippen molar-refractivity contribution in [1.82, 2.24) is 10.3 Å². The molecule has 0 aliphatic heterocycles. The molecule has 0 saturated heterocycles. The Labute approximate surface area is 129 Å². The molecule has 1 heterocycles. The first-order chi connectivity index (χ1) is 10.1. The Balaban J connectivity index is 2.25. The van der Waals surface area contributed by atoms with Gasteiger partial charge in [-0.3, -0.25) is 4.79 Å². The van der Waals surface area contributed by atoms with Gasteiger partial charge in [0.1, 0.15) is 0 Å². The minimum Gasteiger partial charge on any atom is -0.319 e. The van der Waals surface area contributed by atoms with Crippen LogP contribution >= 0.6 is 11.6 Å². The number of nitrogens with zero attached hydrogens (tertiary/aromatic N) is 1. The fourth-order valence-corrected chi connectivity index (χ4v) is 2.33. The molecule has 21 heavy (non-hydrogen) atoms. The van der Waals surface area contributed by atoms with Crippen LogP contribution in [0.15, 0.2) is 36.5 Å². The van der Waals surface area contributed by atoms with Gasteiger partial charge in [-0.1, -0.05) is 29.8 Å². The Bertz CT molecular complexity index is 623. The molecule has 4 nitrogen and oxygen atoms in total. The molecule has 1 aromatic carbocycles. The minimum absolute atomic E-state index is 0.167. The summed E-state index contributed by atoms with van der Waals surface area (Å²) in [7, 11) is 1.89. The fourth-order valence-electron chi connectivity index (χ4n) is 2.08. The summed E-state index contributed by atoms with van der Waals surface area (Å²) in [6, 6.07) is 9.39. The number of benzene rings is 1. The summed E-state index contributed by atoms with van der Waals surface area (Å²) in [6.07, 6.45) is 2.41. The lowest BCUT2D eigenvalue weighted by molar-refractivity contribution is 0.102. The second-order valence-electron chi connectivity index (χ2n) is 4.76. The Hall–Kier alpha value is -1.91. The summed E-state index contributed by atoms with van der Waals surface area (Å²) >= 11 is 6.05. The number of aryl methyl sites for hydroxylation is 1. The minimum atomic E-state index is -0.167. The Kier molecular flexibility index (Phi) is 5.31. The second kappa shape index (κ2) is 7.20. The number of anilines is 1. The first kappa shape index (κ1) is 15.5. The first-order valence-electron chi connectivity index (χ1n) is 6.78. The highest BCUT2D eigenvalue weighted by atomic mass is 35.5. The molecule has 0 radical (unpaired) electrons. The van der Waals surface area contributed by atoms with Crippen LogP contribution in [0.1, 0.15) is 21.5 Å².